The maximum Gasteiger partial charge on any atom is 0.250 e. The summed E-state index contributed by atoms with van der Waals surface area (Å²) in [6, 6.07) is 10.3. The molecule has 0 aliphatic carbocycles. The number of likely N-dealkylation sites (N-methyl/N-ethyl adjacent to an activating group) is 1. The third kappa shape index (κ3) is 2.82. The largest absolute Gasteiger partial charge is 0.366 e. The Labute approximate surface area is 101 Å². The van der Waals surface area contributed by atoms with Crippen molar-refractivity contribution in [3.05, 3.63) is 59.8 Å². The molecule has 1 heterocycles. The summed E-state index contributed by atoms with van der Waals surface area (Å²) in [6.45, 7) is 1.52. The lowest BCUT2D eigenvalue weighted by molar-refractivity contribution is -0.868. The molecule has 0 saturated heterocycles. The van der Waals surface area contributed by atoms with Gasteiger partial charge in [-0.2, -0.15) is 0 Å². The molecule has 0 fully saturated rings. The van der Waals surface area contributed by atoms with E-state index in [2.05, 4.69) is 25.4 Å². The number of hydrogen-bond donors (Lipinski definition) is 1. The highest BCUT2D eigenvalue weighted by molar-refractivity contribution is 5.92. The maximum atomic E-state index is 11.2. The lowest BCUT2D eigenvalue weighted by Crippen LogP contribution is -2.42. The van der Waals surface area contributed by atoms with Gasteiger partial charge in [-0.3, -0.25) is 9.28 Å². The molecule has 2 rings (SSSR count). The van der Waals surface area contributed by atoms with E-state index in [0.717, 1.165) is 6.54 Å². The van der Waals surface area contributed by atoms with Gasteiger partial charge in [-0.15, -0.1) is 0 Å². The first-order chi connectivity index (χ1) is 8.09. The first-order valence-corrected chi connectivity index (χ1v) is 5.65. The SMILES string of the molecule is C[N+]1(Cc2ccccc2)C=CC=C(C(N)=O)C1. The summed E-state index contributed by atoms with van der Waals surface area (Å²) in [4.78, 5) is 11.2. The Bertz CT molecular complexity index is 476. The molecule has 1 aliphatic rings. The minimum atomic E-state index is -0.327. The molecule has 1 unspecified atom stereocenters. The normalized spacial score (nSPS) is 23.2. The fourth-order valence-electron chi connectivity index (χ4n) is 2.13. The molecule has 0 spiro atoms. The fraction of sp³-hybridized carbons (Fsp3) is 0.214. The van der Waals surface area contributed by atoms with Crippen molar-refractivity contribution < 1.29 is 9.28 Å². The molecular weight excluding hydrogens is 212 g/mol. The van der Waals surface area contributed by atoms with E-state index in [9.17, 15) is 4.79 Å². The van der Waals surface area contributed by atoms with Crippen LogP contribution in [0.3, 0.4) is 0 Å². The number of nitrogens with two attached hydrogens (primary N) is 1. The lowest BCUT2D eigenvalue weighted by Gasteiger charge is -2.32. The van der Waals surface area contributed by atoms with Crippen LogP contribution >= 0.6 is 0 Å². The van der Waals surface area contributed by atoms with E-state index in [0.29, 0.717) is 16.6 Å². The molecular formula is C14H17N2O+. The zero-order valence-corrected chi connectivity index (χ0v) is 9.97. The third-order valence-corrected chi connectivity index (χ3v) is 2.98. The van der Waals surface area contributed by atoms with Crippen LogP contribution < -0.4 is 5.73 Å². The molecule has 0 saturated carbocycles. The average molecular weight is 229 g/mol. The van der Waals surface area contributed by atoms with E-state index in [-0.39, 0.29) is 5.91 Å². The Hall–Kier alpha value is -1.87. The molecule has 1 atom stereocenters. The highest BCUT2D eigenvalue weighted by Crippen LogP contribution is 2.19. The molecule has 0 bridgehead atoms. The Morgan fingerprint density at radius 3 is 2.71 bits per heavy atom. The van der Waals surface area contributed by atoms with Crippen LogP contribution in [0.1, 0.15) is 5.56 Å². The van der Waals surface area contributed by atoms with Crippen LogP contribution in [-0.4, -0.2) is 24.0 Å². The smallest absolute Gasteiger partial charge is 0.250 e. The van der Waals surface area contributed by atoms with Crippen LogP contribution in [0.4, 0.5) is 0 Å². The highest BCUT2D eigenvalue weighted by Gasteiger charge is 2.25. The third-order valence-electron chi connectivity index (χ3n) is 2.98. The second-order valence-corrected chi connectivity index (χ2v) is 4.68. The molecule has 0 radical (unpaired) electrons. The van der Waals surface area contributed by atoms with Crippen LogP contribution in [0.15, 0.2) is 54.3 Å². The molecule has 2 N–H and O–H groups in total. The molecule has 3 heteroatoms. The van der Waals surface area contributed by atoms with E-state index < -0.39 is 0 Å². The highest BCUT2D eigenvalue weighted by atomic mass is 16.1. The number of hydrogen-bond acceptors (Lipinski definition) is 1. The summed E-state index contributed by atoms with van der Waals surface area (Å²) in [6.07, 6.45) is 5.80. The van der Waals surface area contributed by atoms with Gasteiger partial charge in [-0.25, -0.2) is 0 Å². The Morgan fingerprint density at radius 2 is 2.06 bits per heavy atom. The maximum absolute atomic E-state index is 11.2. The van der Waals surface area contributed by atoms with Crippen molar-refractivity contribution in [1.82, 2.24) is 0 Å². The zero-order chi connectivity index (χ0) is 12.3. The lowest BCUT2D eigenvalue weighted by atomic mass is 10.1. The van der Waals surface area contributed by atoms with Gasteiger partial charge in [0.25, 0.3) is 0 Å². The monoisotopic (exact) mass is 229 g/mol. The standard InChI is InChI=1S/C14H16N2O/c1-16(10-12-6-3-2-4-7-12)9-5-8-13(11-16)14(15)17/h2-9H,10-11H2,1H3,(H-,15,17)/p+1. The average Bonchev–Trinajstić information content (AvgIpc) is 2.29. The molecule has 3 nitrogen and oxygen atoms in total. The summed E-state index contributed by atoms with van der Waals surface area (Å²) >= 11 is 0. The topological polar surface area (TPSA) is 43.1 Å². The fourth-order valence-corrected chi connectivity index (χ4v) is 2.13. The van der Waals surface area contributed by atoms with Crippen molar-refractivity contribution in [2.24, 2.45) is 5.73 Å². The number of quaternary nitrogens is 1. The van der Waals surface area contributed by atoms with Gasteiger partial charge in [-0.1, -0.05) is 30.3 Å². The number of amides is 1. The Kier molecular flexibility index (Phi) is 3.11. The van der Waals surface area contributed by atoms with Crippen molar-refractivity contribution in [2.75, 3.05) is 13.6 Å². The molecule has 88 valence electrons. The van der Waals surface area contributed by atoms with Crippen LogP contribution in [0.25, 0.3) is 0 Å². The number of carbonyl (C=O) groups is 1. The van der Waals surface area contributed by atoms with E-state index in [1.54, 1.807) is 6.08 Å². The second kappa shape index (κ2) is 4.55. The predicted molar refractivity (Wildman–Crippen MR) is 67.6 cm³/mol. The summed E-state index contributed by atoms with van der Waals surface area (Å²) < 4.78 is 0.679. The first kappa shape index (κ1) is 11.6. The van der Waals surface area contributed by atoms with Crippen molar-refractivity contribution in [3.63, 3.8) is 0 Å². The quantitative estimate of drug-likeness (QED) is 0.786. The van der Waals surface area contributed by atoms with E-state index in [4.69, 9.17) is 5.73 Å². The summed E-state index contributed by atoms with van der Waals surface area (Å²) in [5, 5.41) is 0. The minimum absolute atomic E-state index is 0.327. The number of nitrogens with zero attached hydrogens (tertiary/aromatic N) is 1. The molecule has 0 aromatic heterocycles. The van der Waals surface area contributed by atoms with Gasteiger partial charge in [0.15, 0.2) is 0 Å². The van der Waals surface area contributed by atoms with Crippen molar-refractivity contribution in [1.29, 1.82) is 0 Å². The number of primary amides is 1. The summed E-state index contributed by atoms with van der Waals surface area (Å²) in [7, 11) is 2.10. The van der Waals surface area contributed by atoms with E-state index in [1.165, 1.54) is 5.56 Å². The number of rotatable bonds is 3. The van der Waals surface area contributed by atoms with Gasteiger partial charge in [0, 0.05) is 5.56 Å². The van der Waals surface area contributed by atoms with Gasteiger partial charge < -0.3 is 5.73 Å². The second-order valence-electron chi connectivity index (χ2n) is 4.68. The van der Waals surface area contributed by atoms with Gasteiger partial charge >= 0.3 is 0 Å². The molecule has 1 aromatic carbocycles. The van der Waals surface area contributed by atoms with Crippen LogP contribution in [0, 0.1) is 0 Å². The van der Waals surface area contributed by atoms with Crippen molar-refractivity contribution in [2.45, 2.75) is 6.54 Å². The van der Waals surface area contributed by atoms with Gasteiger partial charge in [0.1, 0.15) is 13.1 Å². The first-order valence-electron chi connectivity index (χ1n) is 5.65. The van der Waals surface area contributed by atoms with E-state index in [1.807, 2.05) is 24.3 Å². The summed E-state index contributed by atoms with van der Waals surface area (Å²) in [5.41, 5.74) is 7.27. The molecule has 1 aliphatic heterocycles. The van der Waals surface area contributed by atoms with Crippen LogP contribution in [0.2, 0.25) is 0 Å². The number of carbonyl (C=O) groups excluding carboxylic acids is 1. The van der Waals surface area contributed by atoms with Gasteiger partial charge in [-0.05, 0) is 12.2 Å². The Balaban J connectivity index is 2.14. The molecule has 1 amide bonds. The van der Waals surface area contributed by atoms with Gasteiger partial charge in [0.05, 0.1) is 18.8 Å². The number of allylic oxidation sites excluding steroid dienone is 2. The van der Waals surface area contributed by atoms with Crippen LogP contribution in [-0.2, 0) is 11.3 Å². The summed E-state index contributed by atoms with van der Waals surface area (Å²) in [5.74, 6) is -0.327. The van der Waals surface area contributed by atoms with Gasteiger partial charge in [0.2, 0.25) is 5.91 Å². The zero-order valence-electron chi connectivity index (χ0n) is 9.97. The van der Waals surface area contributed by atoms with E-state index >= 15 is 0 Å². The van der Waals surface area contributed by atoms with Crippen LogP contribution in [0.5, 0.6) is 0 Å². The predicted octanol–water partition coefficient (Wildman–Crippen LogP) is 1.57. The minimum Gasteiger partial charge on any atom is -0.366 e. The van der Waals surface area contributed by atoms with Crippen molar-refractivity contribution >= 4 is 5.91 Å². The van der Waals surface area contributed by atoms with Crippen molar-refractivity contribution in [3.8, 4) is 0 Å². The number of benzene rings is 1. The Morgan fingerprint density at radius 1 is 1.35 bits per heavy atom. The molecule has 1 aromatic rings. The molecule has 17 heavy (non-hydrogen) atoms.